The molecule has 1 aromatic carbocycles. The Labute approximate surface area is 143 Å². The van der Waals surface area contributed by atoms with Crippen LogP contribution in [0, 0.1) is 0 Å². The highest BCUT2D eigenvalue weighted by atomic mass is 35.5. The Balaban J connectivity index is 2.50. The fraction of sp³-hybridized carbons (Fsp3) is 0.625. The lowest BCUT2D eigenvalue weighted by Crippen LogP contribution is -2.40. The van der Waals surface area contributed by atoms with E-state index in [1.807, 2.05) is 13.8 Å². The zero-order valence-electron chi connectivity index (χ0n) is 13.1. The molecule has 0 saturated carbocycles. The van der Waals surface area contributed by atoms with Crippen molar-refractivity contribution in [2.75, 3.05) is 6.61 Å². The highest BCUT2D eigenvalue weighted by molar-refractivity contribution is 6.36. The standard InChI is InChI=1S/C16H19Cl2F3O2/c1-14(2)10(5-4-6-23-14)13-11(17)7-9(8-12(13)18)15(3,22)16(19,20)21/h7-8,10,22H,4-6H2,1-3H3. The van der Waals surface area contributed by atoms with Crippen LogP contribution in [0.4, 0.5) is 13.2 Å². The summed E-state index contributed by atoms with van der Waals surface area (Å²) in [6.45, 7) is 5.12. The van der Waals surface area contributed by atoms with Crippen LogP contribution in [0.1, 0.15) is 50.7 Å². The first-order valence-electron chi connectivity index (χ1n) is 7.30. The molecule has 0 radical (unpaired) electrons. The van der Waals surface area contributed by atoms with Crippen LogP contribution in [0.2, 0.25) is 10.0 Å². The van der Waals surface area contributed by atoms with Gasteiger partial charge in [0.25, 0.3) is 0 Å². The van der Waals surface area contributed by atoms with Crippen LogP contribution in [0.25, 0.3) is 0 Å². The molecule has 0 bridgehead atoms. The molecule has 1 aliphatic heterocycles. The number of aliphatic hydroxyl groups is 1. The predicted molar refractivity (Wildman–Crippen MR) is 84.1 cm³/mol. The molecule has 1 saturated heterocycles. The first-order chi connectivity index (χ1) is 10.4. The van der Waals surface area contributed by atoms with E-state index in [1.54, 1.807) is 0 Å². The van der Waals surface area contributed by atoms with Gasteiger partial charge in [-0.1, -0.05) is 23.2 Å². The third-order valence-corrected chi connectivity index (χ3v) is 5.12. The number of halogens is 5. The van der Waals surface area contributed by atoms with Gasteiger partial charge in [0.2, 0.25) is 0 Å². The van der Waals surface area contributed by atoms with Crippen LogP contribution in [0.5, 0.6) is 0 Å². The fourth-order valence-electron chi connectivity index (χ4n) is 2.92. The molecule has 2 atom stereocenters. The van der Waals surface area contributed by atoms with Gasteiger partial charge >= 0.3 is 6.18 Å². The van der Waals surface area contributed by atoms with Gasteiger partial charge in [0.1, 0.15) is 0 Å². The number of rotatable bonds is 2. The monoisotopic (exact) mass is 370 g/mol. The summed E-state index contributed by atoms with van der Waals surface area (Å²) in [6.07, 6.45) is -3.22. The van der Waals surface area contributed by atoms with Crippen molar-refractivity contribution in [1.82, 2.24) is 0 Å². The van der Waals surface area contributed by atoms with Crippen LogP contribution >= 0.6 is 23.2 Å². The van der Waals surface area contributed by atoms with E-state index in [0.717, 1.165) is 25.0 Å². The number of hydrogen-bond acceptors (Lipinski definition) is 2. The van der Waals surface area contributed by atoms with Crippen molar-refractivity contribution >= 4 is 23.2 Å². The van der Waals surface area contributed by atoms with Crippen molar-refractivity contribution in [1.29, 1.82) is 0 Å². The van der Waals surface area contributed by atoms with Crippen molar-refractivity contribution in [3.8, 4) is 0 Å². The largest absolute Gasteiger partial charge is 0.421 e. The summed E-state index contributed by atoms with van der Waals surface area (Å²) in [5, 5.41) is 10.0. The molecule has 1 aromatic rings. The summed E-state index contributed by atoms with van der Waals surface area (Å²) in [5.74, 6) is -0.124. The van der Waals surface area contributed by atoms with E-state index in [0.29, 0.717) is 19.1 Å². The summed E-state index contributed by atoms with van der Waals surface area (Å²) in [7, 11) is 0. The van der Waals surface area contributed by atoms with Crippen LogP contribution in [-0.4, -0.2) is 23.5 Å². The third kappa shape index (κ3) is 3.48. The van der Waals surface area contributed by atoms with E-state index in [-0.39, 0.29) is 21.5 Å². The van der Waals surface area contributed by atoms with Gasteiger partial charge in [0.05, 0.1) is 5.60 Å². The first-order valence-corrected chi connectivity index (χ1v) is 8.06. The quantitative estimate of drug-likeness (QED) is 0.751. The minimum atomic E-state index is -4.83. The maximum atomic E-state index is 13.0. The molecular formula is C16H19Cl2F3O2. The molecule has 0 amide bonds. The number of alkyl halides is 3. The van der Waals surface area contributed by atoms with Crippen LogP contribution in [0.3, 0.4) is 0 Å². The molecule has 2 rings (SSSR count). The Hall–Kier alpha value is -0.490. The van der Waals surface area contributed by atoms with E-state index in [9.17, 15) is 18.3 Å². The summed E-state index contributed by atoms with van der Waals surface area (Å²) in [4.78, 5) is 0. The lowest BCUT2D eigenvalue weighted by Gasteiger charge is -2.40. The third-order valence-electron chi connectivity index (χ3n) is 4.49. The Morgan fingerprint density at radius 3 is 2.17 bits per heavy atom. The summed E-state index contributed by atoms with van der Waals surface area (Å²) >= 11 is 12.5. The molecule has 130 valence electrons. The molecule has 1 aliphatic rings. The normalized spacial score (nSPS) is 24.3. The number of benzene rings is 1. The zero-order chi connectivity index (χ0) is 17.6. The second kappa shape index (κ2) is 6.10. The molecule has 0 aliphatic carbocycles. The smallest absolute Gasteiger partial charge is 0.376 e. The van der Waals surface area contributed by atoms with E-state index >= 15 is 0 Å². The lowest BCUT2D eigenvalue weighted by molar-refractivity contribution is -0.258. The van der Waals surface area contributed by atoms with E-state index < -0.39 is 17.4 Å². The molecule has 2 nitrogen and oxygen atoms in total. The second-order valence-corrected chi connectivity index (χ2v) is 7.38. The highest BCUT2D eigenvalue weighted by Gasteiger charge is 2.51. The zero-order valence-corrected chi connectivity index (χ0v) is 14.6. The lowest BCUT2D eigenvalue weighted by atomic mass is 9.78. The summed E-state index contributed by atoms with van der Waals surface area (Å²) < 4.78 is 44.8. The van der Waals surface area contributed by atoms with Crippen molar-refractivity contribution in [3.63, 3.8) is 0 Å². The number of ether oxygens (including phenoxy) is 1. The Morgan fingerprint density at radius 2 is 1.74 bits per heavy atom. The number of hydrogen-bond donors (Lipinski definition) is 1. The van der Waals surface area contributed by atoms with Gasteiger partial charge < -0.3 is 9.84 Å². The maximum Gasteiger partial charge on any atom is 0.421 e. The highest BCUT2D eigenvalue weighted by Crippen LogP contribution is 2.47. The van der Waals surface area contributed by atoms with Crippen molar-refractivity contribution in [3.05, 3.63) is 33.3 Å². The molecule has 1 heterocycles. The Morgan fingerprint density at radius 1 is 1.22 bits per heavy atom. The molecule has 1 N–H and O–H groups in total. The SMILES string of the molecule is CC1(C)OCCCC1c1c(Cl)cc(C(C)(O)C(F)(F)F)cc1Cl. The fourth-order valence-corrected chi connectivity index (χ4v) is 3.68. The van der Waals surface area contributed by atoms with E-state index in [2.05, 4.69) is 0 Å². The van der Waals surface area contributed by atoms with Crippen LogP contribution in [0.15, 0.2) is 12.1 Å². The Kier molecular flexibility index (Phi) is 5.00. The minimum absolute atomic E-state index is 0.112. The second-order valence-electron chi connectivity index (χ2n) is 6.57. The van der Waals surface area contributed by atoms with Crippen LogP contribution < -0.4 is 0 Å². The summed E-state index contributed by atoms with van der Waals surface area (Å²) in [6, 6.07) is 2.28. The summed E-state index contributed by atoms with van der Waals surface area (Å²) in [5.41, 5.74) is -3.34. The molecule has 23 heavy (non-hydrogen) atoms. The Bertz CT molecular complexity index is 574. The topological polar surface area (TPSA) is 29.5 Å². The average molecular weight is 371 g/mol. The van der Waals surface area contributed by atoms with Crippen molar-refractivity contribution in [2.45, 2.75) is 56.9 Å². The minimum Gasteiger partial charge on any atom is -0.376 e. The average Bonchev–Trinajstić information content (AvgIpc) is 2.38. The molecule has 0 spiro atoms. The van der Waals surface area contributed by atoms with Gasteiger partial charge in [-0.3, -0.25) is 0 Å². The molecule has 7 heteroatoms. The van der Waals surface area contributed by atoms with Gasteiger partial charge in [-0.05, 0) is 56.9 Å². The van der Waals surface area contributed by atoms with Gasteiger partial charge in [0, 0.05) is 22.6 Å². The van der Waals surface area contributed by atoms with Crippen molar-refractivity contribution in [2.24, 2.45) is 0 Å². The molecule has 1 fully saturated rings. The first kappa shape index (κ1) is 18.8. The van der Waals surface area contributed by atoms with Crippen LogP contribution in [-0.2, 0) is 10.3 Å². The van der Waals surface area contributed by atoms with Gasteiger partial charge in [-0.15, -0.1) is 0 Å². The predicted octanol–water partition coefficient (Wildman–Crippen LogP) is 5.44. The maximum absolute atomic E-state index is 13.0. The van der Waals surface area contributed by atoms with E-state index in [1.165, 1.54) is 0 Å². The van der Waals surface area contributed by atoms with E-state index in [4.69, 9.17) is 27.9 Å². The van der Waals surface area contributed by atoms with Gasteiger partial charge in [0.15, 0.2) is 5.60 Å². The van der Waals surface area contributed by atoms with Gasteiger partial charge in [-0.25, -0.2) is 0 Å². The van der Waals surface area contributed by atoms with Gasteiger partial charge in [-0.2, -0.15) is 13.2 Å². The molecule has 0 aromatic heterocycles. The molecular weight excluding hydrogens is 352 g/mol. The van der Waals surface area contributed by atoms with Crippen molar-refractivity contribution < 1.29 is 23.0 Å². The molecule has 2 unspecified atom stereocenters.